The number of halogens is 1. The molecule has 0 atom stereocenters. The summed E-state index contributed by atoms with van der Waals surface area (Å²) in [5, 5.41) is 7.71. The lowest BCUT2D eigenvalue weighted by Gasteiger charge is -2.20. The first-order valence-corrected chi connectivity index (χ1v) is 6.56. The van der Waals surface area contributed by atoms with Gasteiger partial charge in [-0.1, -0.05) is 29.8 Å². The zero-order valence-corrected chi connectivity index (χ0v) is 11.8. The van der Waals surface area contributed by atoms with Gasteiger partial charge in [-0.3, -0.25) is 0 Å². The third-order valence-corrected chi connectivity index (χ3v) is 2.83. The van der Waals surface area contributed by atoms with Gasteiger partial charge in [0.05, 0.1) is 0 Å². The van der Waals surface area contributed by atoms with E-state index in [1.165, 1.54) is 0 Å². The summed E-state index contributed by atoms with van der Waals surface area (Å²) in [6.07, 6.45) is 1.13. The van der Waals surface area contributed by atoms with E-state index in [9.17, 15) is 0 Å². The molecule has 17 heavy (non-hydrogen) atoms. The van der Waals surface area contributed by atoms with E-state index in [0.29, 0.717) is 0 Å². The number of hydrogen-bond donors (Lipinski definition) is 2. The molecule has 0 aliphatic carbocycles. The molecule has 2 N–H and O–H groups in total. The molecule has 96 valence electrons. The zero-order valence-electron chi connectivity index (χ0n) is 11.0. The Hall–Kier alpha value is -0.570. The van der Waals surface area contributed by atoms with Crippen molar-refractivity contribution in [2.45, 2.75) is 39.3 Å². The molecule has 0 bridgehead atoms. The molecule has 0 saturated heterocycles. The van der Waals surface area contributed by atoms with E-state index < -0.39 is 0 Å². The Morgan fingerprint density at radius 2 is 1.82 bits per heavy atom. The highest BCUT2D eigenvalue weighted by Crippen LogP contribution is 2.14. The lowest BCUT2D eigenvalue weighted by molar-refractivity contribution is 0.418. The molecule has 0 fully saturated rings. The Labute approximate surface area is 110 Å². The summed E-state index contributed by atoms with van der Waals surface area (Å²) in [4.78, 5) is 0. The van der Waals surface area contributed by atoms with Crippen molar-refractivity contribution in [2.75, 3.05) is 13.1 Å². The fourth-order valence-corrected chi connectivity index (χ4v) is 1.74. The maximum atomic E-state index is 6.07. The van der Waals surface area contributed by atoms with Crippen LogP contribution in [0.4, 0.5) is 0 Å². The second-order valence-electron chi connectivity index (χ2n) is 5.30. The molecular formula is C14H23ClN2. The Morgan fingerprint density at radius 1 is 1.12 bits per heavy atom. The fraction of sp³-hybridized carbons (Fsp3) is 0.571. The molecule has 0 aliphatic heterocycles. The van der Waals surface area contributed by atoms with Gasteiger partial charge in [0.2, 0.25) is 0 Å². The molecule has 0 amide bonds. The van der Waals surface area contributed by atoms with Crippen LogP contribution in [0.15, 0.2) is 24.3 Å². The first-order chi connectivity index (χ1) is 7.99. The van der Waals surface area contributed by atoms with Gasteiger partial charge in [0.1, 0.15) is 0 Å². The highest BCUT2D eigenvalue weighted by atomic mass is 35.5. The molecule has 2 nitrogen and oxygen atoms in total. The average Bonchev–Trinajstić information content (AvgIpc) is 2.24. The molecule has 1 rings (SSSR count). The monoisotopic (exact) mass is 254 g/mol. The van der Waals surface area contributed by atoms with Crippen molar-refractivity contribution in [3.63, 3.8) is 0 Å². The Bertz CT molecular complexity index is 331. The zero-order chi connectivity index (χ0) is 12.7. The van der Waals surface area contributed by atoms with E-state index in [1.807, 2.05) is 18.2 Å². The largest absolute Gasteiger partial charge is 0.313 e. The Kier molecular flexibility index (Phi) is 5.96. The molecular weight excluding hydrogens is 232 g/mol. The molecule has 1 aromatic carbocycles. The molecule has 0 saturated carbocycles. The minimum absolute atomic E-state index is 0.211. The molecule has 0 spiro atoms. The number of hydrogen-bond acceptors (Lipinski definition) is 2. The first kappa shape index (κ1) is 14.5. The van der Waals surface area contributed by atoms with Crippen molar-refractivity contribution in [1.82, 2.24) is 10.6 Å². The topological polar surface area (TPSA) is 24.1 Å². The molecule has 1 aromatic rings. The van der Waals surface area contributed by atoms with Gasteiger partial charge >= 0.3 is 0 Å². The number of nitrogens with one attached hydrogen (secondary N) is 2. The summed E-state index contributed by atoms with van der Waals surface area (Å²) < 4.78 is 0. The quantitative estimate of drug-likeness (QED) is 0.762. The standard InChI is InChI=1S/C14H23ClN2/c1-14(2,3)17-10-6-9-16-11-12-7-4-5-8-13(12)15/h4-5,7-8,16-17H,6,9-11H2,1-3H3. The van der Waals surface area contributed by atoms with Gasteiger partial charge in [-0.25, -0.2) is 0 Å². The summed E-state index contributed by atoms with van der Waals surface area (Å²) in [5.41, 5.74) is 1.38. The smallest absolute Gasteiger partial charge is 0.0450 e. The van der Waals surface area contributed by atoms with E-state index >= 15 is 0 Å². The van der Waals surface area contributed by atoms with Gasteiger partial charge in [0.15, 0.2) is 0 Å². The summed E-state index contributed by atoms with van der Waals surface area (Å²) >= 11 is 6.07. The molecule has 0 aromatic heterocycles. The van der Waals surface area contributed by atoms with Gasteiger partial charge in [-0.15, -0.1) is 0 Å². The predicted molar refractivity (Wildman–Crippen MR) is 75.5 cm³/mol. The minimum Gasteiger partial charge on any atom is -0.313 e. The Balaban J connectivity index is 2.11. The van der Waals surface area contributed by atoms with Crippen LogP contribution < -0.4 is 10.6 Å². The van der Waals surface area contributed by atoms with Crippen LogP contribution in [0.5, 0.6) is 0 Å². The average molecular weight is 255 g/mol. The minimum atomic E-state index is 0.211. The Morgan fingerprint density at radius 3 is 2.47 bits per heavy atom. The fourth-order valence-electron chi connectivity index (χ4n) is 1.54. The van der Waals surface area contributed by atoms with Gasteiger partial charge in [-0.05, 0) is 51.9 Å². The van der Waals surface area contributed by atoms with Crippen LogP contribution in [0.2, 0.25) is 5.02 Å². The number of rotatable bonds is 6. The van der Waals surface area contributed by atoms with E-state index in [-0.39, 0.29) is 5.54 Å². The molecule has 0 heterocycles. The van der Waals surface area contributed by atoms with E-state index in [4.69, 9.17) is 11.6 Å². The maximum Gasteiger partial charge on any atom is 0.0450 e. The third kappa shape index (κ3) is 6.67. The van der Waals surface area contributed by atoms with Crippen LogP contribution in [-0.4, -0.2) is 18.6 Å². The molecule has 0 aliphatic rings. The molecule has 3 heteroatoms. The maximum absolute atomic E-state index is 6.07. The highest BCUT2D eigenvalue weighted by molar-refractivity contribution is 6.31. The highest BCUT2D eigenvalue weighted by Gasteiger charge is 2.06. The van der Waals surface area contributed by atoms with E-state index in [0.717, 1.165) is 36.6 Å². The number of benzene rings is 1. The van der Waals surface area contributed by atoms with E-state index in [2.05, 4.69) is 37.5 Å². The van der Waals surface area contributed by atoms with Crippen LogP contribution in [0.1, 0.15) is 32.8 Å². The van der Waals surface area contributed by atoms with Crippen molar-refractivity contribution in [1.29, 1.82) is 0 Å². The van der Waals surface area contributed by atoms with Crippen molar-refractivity contribution in [2.24, 2.45) is 0 Å². The summed E-state index contributed by atoms with van der Waals surface area (Å²) in [6, 6.07) is 7.96. The van der Waals surface area contributed by atoms with Crippen LogP contribution in [0.25, 0.3) is 0 Å². The molecule has 0 unspecified atom stereocenters. The van der Waals surface area contributed by atoms with Crippen molar-refractivity contribution < 1.29 is 0 Å². The summed E-state index contributed by atoms with van der Waals surface area (Å²) in [6.45, 7) is 9.45. The van der Waals surface area contributed by atoms with Gasteiger partial charge in [0.25, 0.3) is 0 Å². The van der Waals surface area contributed by atoms with Gasteiger partial charge < -0.3 is 10.6 Å². The molecule has 0 radical (unpaired) electrons. The van der Waals surface area contributed by atoms with Crippen molar-refractivity contribution >= 4 is 11.6 Å². The summed E-state index contributed by atoms with van der Waals surface area (Å²) in [5.74, 6) is 0. The SMILES string of the molecule is CC(C)(C)NCCCNCc1ccccc1Cl. The van der Waals surface area contributed by atoms with Gasteiger partial charge in [0, 0.05) is 17.1 Å². The second-order valence-corrected chi connectivity index (χ2v) is 5.71. The van der Waals surface area contributed by atoms with Crippen LogP contribution in [-0.2, 0) is 6.54 Å². The van der Waals surface area contributed by atoms with Gasteiger partial charge in [-0.2, -0.15) is 0 Å². The van der Waals surface area contributed by atoms with Crippen LogP contribution in [0.3, 0.4) is 0 Å². The van der Waals surface area contributed by atoms with Crippen LogP contribution >= 0.6 is 11.6 Å². The second kappa shape index (κ2) is 7.00. The normalized spacial score (nSPS) is 11.8. The van der Waals surface area contributed by atoms with E-state index in [1.54, 1.807) is 0 Å². The lowest BCUT2D eigenvalue weighted by Crippen LogP contribution is -2.37. The summed E-state index contributed by atoms with van der Waals surface area (Å²) in [7, 11) is 0. The van der Waals surface area contributed by atoms with Crippen LogP contribution in [0, 0.1) is 0 Å². The lowest BCUT2D eigenvalue weighted by atomic mass is 10.1. The first-order valence-electron chi connectivity index (χ1n) is 6.18. The third-order valence-electron chi connectivity index (χ3n) is 2.46. The van der Waals surface area contributed by atoms with Crippen molar-refractivity contribution in [3.05, 3.63) is 34.9 Å². The van der Waals surface area contributed by atoms with Crippen molar-refractivity contribution in [3.8, 4) is 0 Å². The predicted octanol–water partition coefficient (Wildman–Crippen LogP) is 3.21.